The fraction of sp³-hybridized carbons (Fsp3) is 0.231. The van der Waals surface area contributed by atoms with Crippen LogP contribution in [-0.2, 0) is 9.59 Å². The van der Waals surface area contributed by atoms with Crippen molar-refractivity contribution in [3.05, 3.63) is 34.9 Å². The fourth-order valence-electron chi connectivity index (χ4n) is 1.34. The highest BCUT2D eigenvalue weighted by atomic mass is 35.5. The molecular weight excluding hydrogens is 270 g/mol. The summed E-state index contributed by atoms with van der Waals surface area (Å²) in [6.07, 6.45) is 2.59. The molecule has 5 nitrogen and oxygen atoms in total. The van der Waals surface area contributed by atoms with Crippen molar-refractivity contribution in [2.75, 3.05) is 13.7 Å². The SMILES string of the molecule is CNC(=O)CCOc1c(Cl)cccc1/C=C/C(=O)O. The Morgan fingerprint density at radius 3 is 2.84 bits per heavy atom. The first-order valence-corrected chi connectivity index (χ1v) is 5.95. The number of nitrogens with one attached hydrogen (secondary N) is 1. The fourth-order valence-corrected chi connectivity index (χ4v) is 1.58. The van der Waals surface area contributed by atoms with Gasteiger partial charge in [-0.1, -0.05) is 23.7 Å². The van der Waals surface area contributed by atoms with Gasteiger partial charge in [-0.05, 0) is 12.1 Å². The second-order valence-corrected chi connectivity index (χ2v) is 4.01. The molecule has 102 valence electrons. The van der Waals surface area contributed by atoms with Crippen molar-refractivity contribution in [1.29, 1.82) is 0 Å². The van der Waals surface area contributed by atoms with E-state index in [1.807, 2.05) is 0 Å². The molecule has 0 atom stereocenters. The highest BCUT2D eigenvalue weighted by Gasteiger charge is 2.07. The third-order valence-electron chi connectivity index (χ3n) is 2.26. The Hall–Kier alpha value is -2.01. The summed E-state index contributed by atoms with van der Waals surface area (Å²) in [6.45, 7) is 0.164. The quantitative estimate of drug-likeness (QED) is 0.783. The largest absolute Gasteiger partial charge is 0.491 e. The van der Waals surface area contributed by atoms with Crippen LogP contribution in [0.2, 0.25) is 5.02 Å². The number of carboxylic acid groups (broad SMARTS) is 1. The molecule has 6 heteroatoms. The van der Waals surface area contributed by atoms with E-state index in [1.165, 1.54) is 6.08 Å². The predicted molar refractivity (Wildman–Crippen MR) is 72.3 cm³/mol. The van der Waals surface area contributed by atoms with Crippen molar-refractivity contribution < 1.29 is 19.4 Å². The average molecular weight is 284 g/mol. The topological polar surface area (TPSA) is 75.6 Å². The van der Waals surface area contributed by atoms with Crippen molar-refractivity contribution in [3.63, 3.8) is 0 Å². The second kappa shape index (κ2) is 7.43. The summed E-state index contributed by atoms with van der Waals surface area (Å²) < 4.78 is 5.44. The number of carbonyl (C=O) groups is 2. The van der Waals surface area contributed by atoms with Crippen LogP contribution < -0.4 is 10.1 Å². The molecule has 0 aromatic heterocycles. The van der Waals surface area contributed by atoms with Crippen LogP contribution in [0.25, 0.3) is 6.08 Å². The molecule has 0 saturated carbocycles. The zero-order valence-electron chi connectivity index (χ0n) is 10.4. The number of carbonyl (C=O) groups excluding carboxylic acids is 1. The van der Waals surface area contributed by atoms with Crippen molar-refractivity contribution in [1.82, 2.24) is 5.32 Å². The maximum Gasteiger partial charge on any atom is 0.328 e. The molecule has 1 amide bonds. The van der Waals surface area contributed by atoms with E-state index in [4.69, 9.17) is 21.4 Å². The van der Waals surface area contributed by atoms with Gasteiger partial charge in [-0.25, -0.2) is 4.79 Å². The van der Waals surface area contributed by atoms with Gasteiger partial charge in [0, 0.05) is 18.7 Å². The molecule has 0 radical (unpaired) electrons. The molecule has 1 rings (SSSR count). The van der Waals surface area contributed by atoms with Crippen LogP contribution in [-0.4, -0.2) is 30.6 Å². The standard InChI is InChI=1S/C13H14ClNO4/c1-15-11(16)7-8-19-13-9(5-6-12(17)18)3-2-4-10(13)14/h2-6H,7-8H2,1H3,(H,15,16)(H,17,18)/b6-5+. The van der Waals surface area contributed by atoms with Crippen molar-refractivity contribution >= 4 is 29.6 Å². The van der Waals surface area contributed by atoms with Crippen LogP contribution in [0.1, 0.15) is 12.0 Å². The highest BCUT2D eigenvalue weighted by molar-refractivity contribution is 6.32. The van der Waals surface area contributed by atoms with E-state index in [9.17, 15) is 9.59 Å². The summed E-state index contributed by atoms with van der Waals surface area (Å²) in [6, 6.07) is 5.00. The number of rotatable bonds is 6. The summed E-state index contributed by atoms with van der Waals surface area (Å²) in [5.41, 5.74) is 0.548. The maximum atomic E-state index is 11.1. The number of para-hydroxylation sites is 1. The van der Waals surface area contributed by atoms with Crippen molar-refractivity contribution in [3.8, 4) is 5.75 Å². The molecular formula is C13H14ClNO4. The van der Waals surface area contributed by atoms with E-state index >= 15 is 0 Å². The third-order valence-corrected chi connectivity index (χ3v) is 2.55. The molecule has 0 fully saturated rings. The molecule has 1 aromatic carbocycles. The van der Waals surface area contributed by atoms with Crippen LogP contribution in [0.4, 0.5) is 0 Å². The lowest BCUT2D eigenvalue weighted by Gasteiger charge is -2.10. The van der Waals surface area contributed by atoms with E-state index < -0.39 is 5.97 Å². The second-order valence-electron chi connectivity index (χ2n) is 3.60. The van der Waals surface area contributed by atoms with Crippen molar-refractivity contribution in [2.45, 2.75) is 6.42 Å². The summed E-state index contributed by atoms with van der Waals surface area (Å²) in [5, 5.41) is 11.4. The van der Waals surface area contributed by atoms with E-state index in [0.29, 0.717) is 16.3 Å². The number of aliphatic carboxylic acids is 1. The third kappa shape index (κ3) is 5.01. The predicted octanol–water partition coefficient (Wildman–Crippen LogP) is 1.95. The smallest absolute Gasteiger partial charge is 0.328 e. The number of amides is 1. The number of ether oxygens (including phenoxy) is 1. The molecule has 0 heterocycles. The molecule has 1 aromatic rings. The molecule has 0 bridgehead atoms. The molecule has 0 aliphatic rings. The van der Waals surface area contributed by atoms with E-state index in [1.54, 1.807) is 25.2 Å². The minimum absolute atomic E-state index is 0.144. The Morgan fingerprint density at radius 1 is 1.47 bits per heavy atom. The number of benzene rings is 1. The molecule has 19 heavy (non-hydrogen) atoms. The zero-order chi connectivity index (χ0) is 14.3. The van der Waals surface area contributed by atoms with E-state index in [2.05, 4.69) is 5.32 Å². The van der Waals surface area contributed by atoms with Gasteiger partial charge in [0.1, 0.15) is 5.75 Å². The van der Waals surface area contributed by atoms with Gasteiger partial charge in [0.15, 0.2) is 0 Å². The Morgan fingerprint density at radius 2 is 2.21 bits per heavy atom. The molecule has 0 aliphatic carbocycles. The molecule has 0 spiro atoms. The van der Waals surface area contributed by atoms with Gasteiger partial charge in [-0.15, -0.1) is 0 Å². The van der Waals surface area contributed by atoms with Gasteiger partial charge < -0.3 is 15.2 Å². The lowest BCUT2D eigenvalue weighted by molar-refractivity contribution is -0.131. The molecule has 0 saturated heterocycles. The Balaban J connectivity index is 2.80. The van der Waals surface area contributed by atoms with Gasteiger partial charge in [-0.3, -0.25) is 4.79 Å². The van der Waals surface area contributed by atoms with Gasteiger partial charge in [0.25, 0.3) is 0 Å². The highest BCUT2D eigenvalue weighted by Crippen LogP contribution is 2.29. The summed E-state index contributed by atoms with van der Waals surface area (Å²) in [5.74, 6) is -0.837. The zero-order valence-corrected chi connectivity index (χ0v) is 11.1. The Kier molecular flexibility index (Phi) is 5.89. The van der Waals surface area contributed by atoms with Crippen LogP contribution >= 0.6 is 11.6 Å². The minimum Gasteiger partial charge on any atom is -0.491 e. The van der Waals surface area contributed by atoms with Crippen LogP contribution in [0.5, 0.6) is 5.75 Å². The average Bonchev–Trinajstić information content (AvgIpc) is 2.38. The number of carboxylic acids is 1. The van der Waals surface area contributed by atoms with Gasteiger partial charge >= 0.3 is 5.97 Å². The minimum atomic E-state index is -1.06. The molecule has 0 aliphatic heterocycles. The Labute approximate surface area is 115 Å². The van der Waals surface area contributed by atoms with E-state index in [-0.39, 0.29) is 18.9 Å². The molecule has 0 unspecified atom stereocenters. The molecule has 2 N–H and O–H groups in total. The lowest BCUT2D eigenvalue weighted by atomic mass is 10.2. The first-order valence-electron chi connectivity index (χ1n) is 5.57. The van der Waals surface area contributed by atoms with E-state index in [0.717, 1.165) is 6.08 Å². The monoisotopic (exact) mass is 283 g/mol. The van der Waals surface area contributed by atoms with Gasteiger partial charge in [-0.2, -0.15) is 0 Å². The number of hydrogen-bond acceptors (Lipinski definition) is 3. The summed E-state index contributed by atoms with van der Waals surface area (Å²) in [7, 11) is 1.54. The number of hydrogen-bond donors (Lipinski definition) is 2. The van der Waals surface area contributed by atoms with Gasteiger partial charge in [0.05, 0.1) is 18.1 Å². The number of halogens is 1. The van der Waals surface area contributed by atoms with Crippen LogP contribution in [0, 0.1) is 0 Å². The first-order chi connectivity index (χ1) is 9.04. The van der Waals surface area contributed by atoms with Crippen LogP contribution in [0.3, 0.4) is 0 Å². The normalized spacial score (nSPS) is 10.4. The first kappa shape index (κ1) is 15.0. The maximum absolute atomic E-state index is 11.1. The van der Waals surface area contributed by atoms with Gasteiger partial charge in [0.2, 0.25) is 5.91 Å². The van der Waals surface area contributed by atoms with Crippen LogP contribution in [0.15, 0.2) is 24.3 Å². The summed E-state index contributed by atoms with van der Waals surface area (Å²) >= 11 is 5.99. The van der Waals surface area contributed by atoms with Crippen molar-refractivity contribution in [2.24, 2.45) is 0 Å². The summed E-state index contributed by atoms with van der Waals surface area (Å²) in [4.78, 5) is 21.6. The Bertz CT molecular complexity index is 499. The lowest BCUT2D eigenvalue weighted by Crippen LogP contribution is -2.20.